The molecular formula is C21H17F3N4O3S. The number of amides is 1. The van der Waals surface area contributed by atoms with E-state index in [-0.39, 0.29) is 28.1 Å². The van der Waals surface area contributed by atoms with Crippen molar-refractivity contribution in [2.45, 2.75) is 18.2 Å². The lowest BCUT2D eigenvalue weighted by atomic mass is 9.88. The molecule has 1 aliphatic heterocycles. The summed E-state index contributed by atoms with van der Waals surface area (Å²) in [5.74, 6) is -0.875. The van der Waals surface area contributed by atoms with Crippen LogP contribution in [0.1, 0.15) is 27.4 Å². The van der Waals surface area contributed by atoms with Gasteiger partial charge < -0.3 is 10.8 Å². The van der Waals surface area contributed by atoms with E-state index >= 15 is 0 Å². The molecular weight excluding hydrogens is 445 g/mol. The highest BCUT2D eigenvalue weighted by Gasteiger charge is 2.36. The average molecular weight is 462 g/mol. The molecule has 0 saturated carbocycles. The number of hydrogen-bond donors (Lipinski definition) is 2. The number of primary amides is 1. The number of hydrogen-bond acceptors (Lipinski definition) is 6. The highest BCUT2D eigenvalue weighted by molar-refractivity contribution is 7.99. The topological polar surface area (TPSA) is 111 Å². The maximum atomic E-state index is 13.2. The van der Waals surface area contributed by atoms with Gasteiger partial charge in [0, 0.05) is 34.7 Å². The molecule has 32 heavy (non-hydrogen) atoms. The number of carbonyl (C=O) groups is 1. The summed E-state index contributed by atoms with van der Waals surface area (Å²) in [6.45, 7) is 0. The second kappa shape index (κ2) is 8.40. The van der Waals surface area contributed by atoms with Gasteiger partial charge in [0.15, 0.2) is 0 Å². The summed E-state index contributed by atoms with van der Waals surface area (Å²) in [4.78, 5) is 29.5. The van der Waals surface area contributed by atoms with E-state index < -0.39 is 35.2 Å². The smallest absolute Gasteiger partial charge is 0.392 e. The van der Waals surface area contributed by atoms with Gasteiger partial charge in [-0.2, -0.15) is 34.7 Å². The van der Waals surface area contributed by atoms with Gasteiger partial charge in [-0.25, -0.2) is 0 Å². The van der Waals surface area contributed by atoms with Crippen LogP contribution in [0.3, 0.4) is 0 Å². The molecule has 2 aromatic heterocycles. The molecule has 0 spiro atoms. The Morgan fingerprint density at radius 2 is 1.91 bits per heavy atom. The van der Waals surface area contributed by atoms with E-state index in [1.54, 1.807) is 12.1 Å². The second-order valence-corrected chi connectivity index (χ2v) is 8.29. The molecule has 3 N–H and O–H groups in total. The number of aromatic nitrogens is 3. The van der Waals surface area contributed by atoms with Crippen molar-refractivity contribution in [1.82, 2.24) is 14.8 Å². The average Bonchev–Trinajstić information content (AvgIpc) is 3.18. The number of alkyl halides is 3. The van der Waals surface area contributed by atoms with Gasteiger partial charge in [0.1, 0.15) is 5.56 Å². The second-order valence-electron chi connectivity index (χ2n) is 7.22. The van der Waals surface area contributed by atoms with Gasteiger partial charge in [-0.15, -0.1) is 0 Å². The molecule has 166 valence electrons. The van der Waals surface area contributed by atoms with Crippen LogP contribution in [0.2, 0.25) is 0 Å². The molecule has 1 aromatic carbocycles. The molecule has 1 aliphatic rings. The number of rotatable bonds is 4. The van der Waals surface area contributed by atoms with E-state index in [1.807, 2.05) is 0 Å². The fraction of sp³-hybridized carbons (Fsp3) is 0.238. The van der Waals surface area contributed by atoms with Crippen LogP contribution in [-0.2, 0) is 6.18 Å². The first-order chi connectivity index (χ1) is 15.2. The predicted molar refractivity (Wildman–Crippen MR) is 113 cm³/mol. The number of aliphatic hydroxyl groups is 1. The molecule has 1 fully saturated rings. The van der Waals surface area contributed by atoms with Crippen LogP contribution in [-0.4, -0.2) is 43.4 Å². The molecule has 0 radical (unpaired) electrons. The lowest BCUT2D eigenvalue weighted by molar-refractivity contribution is -0.137. The van der Waals surface area contributed by atoms with Crippen LogP contribution in [0.25, 0.3) is 16.9 Å². The number of benzene rings is 1. The highest BCUT2D eigenvalue weighted by Crippen LogP contribution is 2.39. The van der Waals surface area contributed by atoms with Crippen molar-refractivity contribution >= 4 is 17.7 Å². The van der Waals surface area contributed by atoms with E-state index in [1.165, 1.54) is 36.3 Å². The van der Waals surface area contributed by atoms with E-state index in [9.17, 15) is 27.9 Å². The van der Waals surface area contributed by atoms with Crippen molar-refractivity contribution in [2.24, 2.45) is 5.73 Å². The third-order valence-electron chi connectivity index (χ3n) is 5.17. The number of aliphatic hydroxyl groups excluding tert-OH is 1. The summed E-state index contributed by atoms with van der Waals surface area (Å²) in [6, 6.07) is 7.32. The molecule has 4 rings (SSSR count). The maximum Gasteiger partial charge on any atom is 0.416 e. The van der Waals surface area contributed by atoms with Crippen LogP contribution in [0.4, 0.5) is 13.2 Å². The van der Waals surface area contributed by atoms with E-state index in [2.05, 4.69) is 10.1 Å². The fourth-order valence-corrected chi connectivity index (χ4v) is 4.89. The van der Waals surface area contributed by atoms with Gasteiger partial charge in [0.05, 0.1) is 29.2 Å². The Kier molecular flexibility index (Phi) is 5.78. The van der Waals surface area contributed by atoms with E-state index in [4.69, 9.17) is 5.73 Å². The Labute approximate surface area is 184 Å². The summed E-state index contributed by atoms with van der Waals surface area (Å²) in [6.07, 6.45) is -2.56. The summed E-state index contributed by atoms with van der Waals surface area (Å²) >= 11 is 1.42. The van der Waals surface area contributed by atoms with Gasteiger partial charge >= 0.3 is 6.18 Å². The summed E-state index contributed by atoms with van der Waals surface area (Å²) in [5, 5.41) is 14.9. The zero-order chi connectivity index (χ0) is 23.0. The Morgan fingerprint density at radius 3 is 2.44 bits per heavy atom. The first-order valence-electron chi connectivity index (χ1n) is 9.49. The number of halogens is 3. The number of pyridine rings is 1. The lowest BCUT2D eigenvalue weighted by Crippen LogP contribution is -2.35. The van der Waals surface area contributed by atoms with Crippen molar-refractivity contribution in [2.75, 3.05) is 11.5 Å². The minimum Gasteiger partial charge on any atom is -0.392 e. The SMILES string of the molecule is NC(=O)c1c(C2CSCC2O)c(-c2ccc(C(F)(F)F)cc2)nn(-c2cccnc2)c1=O. The van der Waals surface area contributed by atoms with Crippen molar-refractivity contribution in [3.63, 3.8) is 0 Å². The van der Waals surface area contributed by atoms with Gasteiger partial charge in [0.25, 0.3) is 11.5 Å². The third kappa shape index (κ3) is 4.00. The fourth-order valence-electron chi connectivity index (χ4n) is 3.64. The van der Waals surface area contributed by atoms with Crippen LogP contribution < -0.4 is 11.3 Å². The monoisotopic (exact) mass is 462 g/mol. The molecule has 1 amide bonds. The normalized spacial score (nSPS) is 18.6. The third-order valence-corrected chi connectivity index (χ3v) is 6.35. The quantitative estimate of drug-likeness (QED) is 0.617. The van der Waals surface area contributed by atoms with E-state index in [0.717, 1.165) is 16.8 Å². The molecule has 3 aromatic rings. The summed E-state index contributed by atoms with van der Waals surface area (Å²) in [5.41, 5.74) is 4.31. The minimum atomic E-state index is -4.53. The lowest BCUT2D eigenvalue weighted by Gasteiger charge is -2.21. The Balaban J connectivity index is 2.03. The van der Waals surface area contributed by atoms with Crippen LogP contribution in [0.15, 0.2) is 53.6 Å². The Morgan fingerprint density at radius 1 is 1.19 bits per heavy atom. The predicted octanol–water partition coefficient (Wildman–Crippen LogP) is 2.60. The molecule has 1 saturated heterocycles. The van der Waals surface area contributed by atoms with Crippen molar-refractivity contribution in [1.29, 1.82) is 0 Å². The molecule has 3 heterocycles. The number of nitrogens with zero attached hydrogens (tertiary/aromatic N) is 3. The first kappa shape index (κ1) is 22.0. The highest BCUT2D eigenvalue weighted by atomic mass is 32.2. The van der Waals surface area contributed by atoms with Crippen LogP contribution in [0, 0.1) is 0 Å². The Hall–Kier alpha value is -3.18. The van der Waals surface area contributed by atoms with E-state index in [0.29, 0.717) is 11.5 Å². The number of nitrogens with two attached hydrogens (primary N) is 1. The molecule has 2 atom stereocenters. The summed E-state index contributed by atoms with van der Waals surface area (Å²) < 4.78 is 40.1. The first-order valence-corrected chi connectivity index (χ1v) is 10.6. The number of carbonyl (C=O) groups excluding carboxylic acids is 1. The molecule has 2 unspecified atom stereocenters. The van der Waals surface area contributed by atoms with Crippen LogP contribution >= 0.6 is 11.8 Å². The maximum absolute atomic E-state index is 13.2. The summed E-state index contributed by atoms with van der Waals surface area (Å²) in [7, 11) is 0. The van der Waals surface area contributed by atoms with Crippen LogP contribution in [0.5, 0.6) is 0 Å². The molecule has 11 heteroatoms. The Bertz CT molecular complexity index is 1210. The van der Waals surface area contributed by atoms with Gasteiger partial charge in [-0.1, -0.05) is 12.1 Å². The zero-order valence-corrected chi connectivity index (χ0v) is 17.2. The van der Waals surface area contributed by atoms with Crippen molar-refractivity contribution in [3.05, 3.63) is 75.8 Å². The number of thioether (sulfide) groups is 1. The van der Waals surface area contributed by atoms with Gasteiger partial charge in [-0.3, -0.25) is 14.6 Å². The zero-order valence-electron chi connectivity index (χ0n) is 16.4. The molecule has 0 aliphatic carbocycles. The standard InChI is InChI=1S/C21H17F3N4O3S/c22-21(23,24)12-5-3-11(4-6-12)18-16(14-9-32-10-15(14)29)17(19(25)30)20(31)28(27-18)13-2-1-7-26-8-13/h1-8,14-15,29H,9-10H2,(H2,25,30). The molecule has 7 nitrogen and oxygen atoms in total. The largest absolute Gasteiger partial charge is 0.416 e. The van der Waals surface area contributed by atoms with Gasteiger partial charge in [-0.05, 0) is 24.3 Å². The van der Waals surface area contributed by atoms with Crippen molar-refractivity contribution in [3.8, 4) is 16.9 Å². The minimum absolute atomic E-state index is 0.0996. The molecule has 0 bridgehead atoms. The van der Waals surface area contributed by atoms with Gasteiger partial charge in [0.2, 0.25) is 0 Å². The van der Waals surface area contributed by atoms with Crippen molar-refractivity contribution < 1.29 is 23.1 Å².